The monoisotopic (exact) mass is 439 g/mol. The second-order valence-electron chi connectivity index (χ2n) is 8.35. The van der Waals surface area contributed by atoms with Crippen molar-refractivity contribution in [2.75, 3.05) is 31.5 Å². The minimum atomic E-state index is -0.000974. The van der Waals surface area contributed by atoms with Crippen LogP contribution in [-0.2, 0) is 11.3 Å². The molecule has 1 saturated heterocycles. The number of furan rings is 1. The number of hydrogen-bond donors (Lipinski definition) is 3. The van der Waals surface area contributed by atoms with Crippen LogP contribution in [-0.4, -0.2) is 42.9 Å². The van der Waals surface area contributed by atoms with Gasteiger partial charge in [0.05, 0.1) is 18.8 Å². The van der Waals surface area contributed by atoms with Gasteiger partial charge in [0.15, 0.2) is 5.96 Å². The number of anilines is 1. The zero-order valence-electron chi connectivity index (χ0n) is 19.6. The Hall–Kier alpha value is -2.80. The molecule has 1 aromatic carbocycles. The number of carbonyl (C=O) groups is 1. The van der Waals surface area contributed by atoms with Crippen LogP contribution in [0.25, 0.3) is 0 Å². The Morgan fingerprint density at radius 3 is 2.66 bits per heavy atom. The molecule has 7 nitrogen and oxygen atoms in total. The molecule has 0 radical (unpaired) electrons. The van der Waals surface area contributed by atoms with Crippen molar-refractivity contribution in [3.05, 3.63) is 54.0 Å². The molecular formula is C25H37N5O2. The van der Waals surface area contributed by atoms with Gasteiger partial charge in [0.2, 0.25) is 5.91 Å². The van der Waals surface area contributed by atoms with Crippen LogP contribution in [0.1, 0.15) is 57.4 Å². The van der Waals surface area contributed by atoms with E-state index in [1.54, 1.807) is 6.26 Å². The molecule has 3 rings (SSSR count). The summed E-state index contributed by atoms with van der Waals surface area (Å²) in [6, 6.07) is 12.1. The smallest absolute Gasteiger partial charge is 0.227 e. The third kappa shape index (κ3) is 6.85. The summed E-state index contributed by atoms with van der Waals surface area (Å²) in [5.74, 6) is 1.81. The largest absolute Gasteiger partial charge is 0.468 e. The number of rotatable bonds is 10. The highest BCUT2D eigenvalue weighted by Gasteiger charge is 2.25. The predicted molar refractivity (Wildman–Crippen MR) is 130 cm³/mol. The fraction of sp³-hybridized carbons (Fsp3) is 0.520. The first-order chi connectivity index (χ1) is 15.6. The van der Waals surface area contributed by atoms with Gasteiger partial charge >= 0.3 is 0 Å². The molecule has 2 atom stereocenters. The predicted octanol–water partition coefficient (Wildman–Crippen LogP) is 4.16. The van der Waals surface area contributed by atoms with Crippen LogP contribution in [0.2, 0.25) is 0 Å². The third-order valence-electron chi connectivity index (χ3n) is 5.93. The first-order valence-electron chi connectivity index (χ1n) is 11.8. The van der Waals surface area contributed by atoms with E-state index in [9.17, 15) is 4.79 Å². The molecule has 1 aromatic heterocycles. The van der Waals surface area contributed by atoms with Crippen molar-refractivity contribution in [2.45, 2.75) is 52.6 Å². The summed E-state index contributed by atoms with van der Waals surface area (Å²) in [5.41, 5.74) is 1.86. The van der Waals surface area contributed by atoms with Gasteiger partial charge in [-0.15, -0.1) is 0 Å². The Balaban J connectivity index is 1.63. The normalized spacial score (nSPS) is 16.5. The van der Waals surface area contributed by atoms with E-state index in [4.69, 9.17) is 9.41 Å². The molecule has 0 spiro atoms. The zero-order chi connectivity index (χ0) is 22.8. The Bertz CT molecular complexity index is 859. The molecule has 0 aliphatic carbocycles. The van der Waals surface area contributed by atoms with E-state index in [-0.39, 0.29) is 17.9 Å². The lowest BCUT2D eigenvalue weighted by atomic mass is 10.1. The molecule has 1 aliphatic rings. The first kappa shape index (κ1) is 23.9. The van der Waals surface area contributed by atoms with Crippen LogP contribution in [0.15, 0.2) is 52.1 Å². The van der Waals surface area contributed by atoms with E-state index in [2.05, 4.69) is 27.8 Å². The average Bonchev–Trinajstić information content (AvgIpc) is 3.52. The quantitative estimate of drug-likeness (QED) is 0.383. The maximum absolute atomic E-state index is 12.2. The van der Waals surface area contributed by atoms with E-state index in [1.165, 1.54) is 12.8 Å². The maximum atomic E-state index is 12.2. The Morgan fingerprint density at radius 2 is 1.97 bits per heavy atom. The first-order valence-corrected chi connectivity index (χ1v) is 11.8. The molecule has 3 N–H and O–H groups in total. The van der Waals surface area contributed by atoms with E-state index in [1.807, 2.05) is 50.2 Å². The average molecular weight is 440 g/mol. The molecule has 2 aromatic rings. The molecule has 0 bridgehead atoms. The maximum Gasteiger partial charge on any atom is 0.227 e. The van der Waals surface area contributed by atoms with E-state index >= 15 is 0 Å². The minimum Gasteiger partial charge on any atom is -0.468 e. The molecule has 174 valence electrons. The number of likely N-dealkylation sites (tertiary alicyclic amines) is 1. The highest BCUT2D eigenvalue weighted by Crippen LogP contribution is 2.24. The number of amides is 1. The zero-order valence-corrected chi connectivity index (χ0v) is 19.6. The number of aliphatic imine (C=N–C) groups is 1. The highest BCUT2D eigenvalue weighted by molar-refractivity contribution is 5.92. The summed E-state index contributed by atoms with van der Waals surface area (Å²) in [5, 5.41) is 9.82. The van der Waals surface area contributed by atoms with Gasteiger partial charge < -0.3 is 20.4 Å². The van der Waals surface area contributed by atoms with Crippen LogP contribution < -0.4 is 16.0 Å². The van der Waals surface area contributed by atoms with Gasteiger partial charge in [-0.05, 0) is 69.1 Å². The number of benzene rings is 1. The number of guanidine groups is 1. The molecule has 2 heterocycles. The molecule has 0 saturated carbocycles. The van der Waals surface area contributed by atoms with Crippen LogP contribution in [0.3, 0.4) is 0 Å². The third-order valence-corrected chi connectivity index (χ3v) is 5.93. The Labute approximate surface area is 191 Å². The highest BCUT2D eigenvalue weighted by atomic mass is 16.3. The molecule has 32 heavy (non-hydrogen) atoms. The van der Waals surface area contributed by atoms with Gasteiger partial charge in [-0.3, -0.25) is 9.69 Å². The summed E-state index contributed by atoms with van der Waals surface area (Å²) in [6.45, 7) is 10.2. The van der Waals surface area contributed by atoms with Crippen molar-refractivity contribution in [1.82, 2.24) is 15.5 Å². The van der Waals surface area contributed by atoms with Crippen LogP contribution in [0.5, 0.6) is 0 Å². The molecular weight excluding hydrogens is 402 g/mol. The standard InChI is InChI=1S/C25H37N5O2/c1-4-19(3)24(31)29-21-11-8-10-20(16-21)17-27-25(26-5-2)28-18-22(23-12-9-15-32-23)30-13-6-7-14-30/h8-12,15-16,19,22H,4-7,13-14,17-18H2,1-3H3,(H,29,31)(H2,26,27,28). The van der Waals surface area contributed by atoms with Crippen molar-refractivity contribution >= 4 is 17.6 Å². The second kappa shape index (κ2) is 12.3. The van der Waals surface area contributed by atoms with E-state index in [0.717, 1.165) is 55.6 Å². The van der Waals surface area contributed by atoms with Gasteiger partial charge in [-0.25, -0.2) is 4.99 Å². The van der Waals surface area contributed by atoms with Crippen LogP contribution in [0, 0.1) is 5.92 Å². The van der Waals surface area contributed by atoms with Crippen molar-refractivity contribution in [2.24, 2.45) is 10.9 Å². The van der Waals surface area contributed by atoms with Crippen molar-refractivity contribution in [3.8, 4) is 0 Å². The van der Waals surface area contributed by atoms with Gasteiger partial charge in [0.1, 0.15) is 5.76 Å². The van der Waals surface area contributed by atoms with Gasteiger partial charge in [0, 0.05) is 24.7 Å². The number of nitrogens with zero attached hydrogens (tertiary/aromatic N) is 2. The van der Waals surface area contributed by atoms with Crippen LogP contribution >= 0.6 is 0 Å². The number of carbonyl (C=O) groups excluding carboxylic acids is 1. The summed E-state index contributed by atoms with van der Waals surface area (Å²) in [4.78, 5) is 19.4. The van der Waals surface area contributed by atoms with Crippen LogP contribution in [0.4, 0.5) is 5.69 Å². The SMILES string of the molecule is CCNC(=NCc1cccc(NC(=O)C(C)CC)c1)NCC(c1ccco1)N1CCCC1. The summed E-state index contributed by atoms with van der Waals surface area (Å²) in [6.07, 6.45) is 5.03. The molecule has 7 heteroatoms. The molecule has 2 unspecified atom stereocenters. The topological polar surface area (TPSA) is 81.9 Å². The Kier molecular flexibility index (Phi) is 9.16. The summed E-state index contributed by atoms with van der Waals surface area (Å²) < 4.78 is 5.72. The lowest BCUT2D eigenvalue weighted by Crippen LogP contribution is -2.42. The second-order valence-corrected chi connectivity index (χ2v) is 8.35. The fourth-order valence-electron chi connectivity index (χ4n) is 3.85. The van der Waals surface area contributed by atoms with Crippen molar-refractivity contribution in [3.63, 3.8) is 0 Å². The minimum absolute atomic E-state index is 0.000974. The summed E-state index contributed by atoms with van der Waals surface area (Å²) in [7, 11) is 0. The molecule has 1 amide bonds. The lowest BCUT2D eigenvalue weighted by molar-refractivity contribution is -0.119. The molecule has 1 fully saturated rings. The van der Waals surface area contributed by atoms with E-state index in [0.29, 0.717) is 6.54 Å². The van der Waals surface area contributed by atoms with Crippen molar-refractivity contribution < 1.29 is 9.21 Å². The number of hydrogen-bond acceptors (Lipinski definition) is 4. The lowest BCUT2D eigenvalue weighted by Gasteiger charge is -2.26. The van der Waals surface area contributed by atoms with Gasteiger partial charge in [-0.1, -0.05) is 26.0 Å². The molecule has 1 aliphatic heterocycles. The van der Waals surface area contributed by atoms with Crippen molar-refractivity contribution in [1.29, 1.82) is 0 Å². The Morgan fingerprint density at radius 1 is 1.16 bits per heavy atom. The number of nitrogens with one attached hydrogen (secondary N) is 3. The van der Waals surface area contributed by atoms with E-state index < -0.39 is 0 Å². The fourth-order valence-corrected chi connectivity index (χ4v) is 3.85. The van der Waals surface area contributed by atoms with Gasteiger partial charge in [-0.2, -0.15) is 0 Å². The summed E-state index contributed by atoms with van der Waals surface area (Å²) >= 11 is 0. The van der Waals surface area contributed by atoms with Gasteiger partial charge in [0.25, 0.3) is 0 Å².